The third kappa shape index (κ3) is 4.36. The van der Waals surface area contributed by atoms with Gasteiger partial charge in [0.05, 0.1) is 5.75 Å². The minimum absolute atomic E-state index is 0.142. The van der Waals surface area contributed by atoms with Crippen molar-refractivity contribution in [3.63, 3.8) is 0 Å². The number of alkyl halides is 2. The summed E-state index contributed by atoms with van der Waals surface area (Å²) in [4.78, 5) is 0. The molecule has 0 spiro atoms. The Bertz CT molecular complexity index is 467. The Balaban J connectivity index is 1.89. The molecule has 2 aliphatic rings. The molecule has 4 nitrogen and oxygen atoms in total. The Labute approximate surface area is 125 Å². The van der Waals surface area contributed by atoms with Crippen molar-refractivity contribution >= 4 is 10.1 Å². The van der Waals surface area contributed by atoms with E-state index in [4.69, 9.17) is 10.3 Å². The van der Waals surface area contributed by atoms with Gasteiger partial charge in [-0.25, -0.2) is 8.78 Å². The Kier molecular flexibility index (Phi) is 4.95. The van der Waals surface area contributed by atoms with Gasteiger partial charge in [-0.2, -0.15) is 8.42 Å². The number of halogens is 2. The molecule has 0 aliphatic heterocycles. The van der Waals surface area contributed by atoms with E-state index >= 15 is 0 Å². The van der Waals surface area contributed by atoms with Crippen molar-refractivity contribution in [2.75, 3.05) is 5.75 Å². The molecule has 0 aromatic carbocycles. The summed E-state index contributed by atoms with van der Waals surface area (Å²) in [6.45, 7) is 1.64. The van der Waals surface area contributed by atoms with Crippen LogP contribution in [0.5, 0.6) is 0 Å². The van der Waals surface area contributed by atoms with E-state index < -0.39 is 27.9 Å². The fraction of sp³-hybridized carbons (Fsp3) is 1.00. The highest BCUT2D eigenvalue weighted by molar-refractivity contribution is 7.85. The minimum atomic E-state index is -4.00. The summed E-state index contributed by atoms with van der Waals surface area (Å²) in [5.74, 6) is -3.57. The van der Waals surface area contributed by atoms with Crippen LogP contribution in [-0.4, -0.2) is 30.7 Å². The van der Waals surface area contributed by atoms with Crippen LogP contribution in [0.2, 0.25) is 0 Å². The van der Waals surface area contributed by atoms with Crippen molar-refractivity contribution in [2.24, 2.45) is 29.4 Å². The average molecular weight is 325 g/mol. The molecule has 2 rings (SSSR count). The van der Waals surface area contributed by atoms with Crippen LogP contribution in [0.25, 0.3) is 0 Å². The van der Waals surface area contributed by atoms with Crippen LogP contribution in [-0.2, 0) is 10.1 Å². The van der Waals surface area contributed by atoms with Crippen LogP contribution in [0, 0.1) is 23.7 Å². The van der Waals surface area contributed by atoms with E-state index in [1.165, 1.54) is 0 Å². The first-order chi connectivity index (χ1) is 9.58. The van der Waals surface area contributed by atoms with Crippen molar-refractivity contribution in [2.45, 2.75) is 57.4 Å². The molecular formula is C14H25F2NO3S. The molecule has 0 amide bonds. The normalized spacial score (nSPS) is 37.2. The molecule has 0 aromatic heterocycles. The molecule has 5 atom stereocenters. The standard InChI is InChI=1S/C14H25F2NO3S/c1-9-4-10-5-11(7-12(6-10)14(9,15)16)8-13(17)2-3-21(18,19)20/h9-13H,2-8,17H2,1H3,(H,18,19,20). The molecular weight excluding hydrogens is 300 g/mol. The fourth-order valence-corrected chi connectivity index (χ4v) is 4.77. The SMILES string of the molecule is CC1CC2CC(CC(N)CCS(=O)(=O)O)CC(C2)C1(F)F. The monoisotopic (exact) mass is 325 g/mol. The first-order valence-corrected chi connectivity index (χ1v) is 9.27. The third-order valence-corrected chi connectivity index (χ3v) is 5.92. The zero-order chi connectivity index (χ0) is 15.8. The molecule has 0 radical (unpaired) electrons. The van der Waals surface area contributed by atoms with Gasteiger partial charge in [-0.1, -0.05) is 6.92 Å². The lowest BCUT2D eigenvalue weighted by Gasteiger charge is -2.47. The Hall–Kier alpha value is -0.270. The summed E-state index contributed by atoms with van der Waals surface area (Å²) >= 11 is 0. The van der Waals surface area contributed by atoms with Crippen molar-refractivity contribution < 1.29 is 21.8 Å². The summed E-state index contributed by atoms with van der Waals surface area (Å²) in [6.07, 6.45) is 3.31. The van der Waals surface area contributed by atoms with E-state index in [0.717, 1.165) is 6.42 Å². The van der Waals surface area contributed by atoms with E-state index in [0.29, 0.717) is 31.6 Å². The Morgan fingerprint density at radius 2 is 1.95 bits per heavy atom. The van der Waals surface area contributed by atoms with Gasteiger partial charge in [0, 0.05) is 17.9 Å². The van der Waals surface area contributed by atoms with Gasteiger partial charge in [0.2, 0.25) is 0 Å². The largest absolute Gasteiger partial charge is 0.328 e. The maximum absolute atomic E-state index is 14.1. The predicted molar refractivity (Wildman–Crippen MR) is 76.7 cm³/mol. The van der Waals surface area contributed by atoms with E-state index in [1.807, 2.05) is 0 Å². The number of fused-ring (bicyclic) bond motifs is 2. The molecule has 21 heavy (non-hydrogen) atoms. The molecule has 124 valence electrons. The molecule has 0 saturated heterocycles. The molecule has 2 aliphatic carbocycles. The molecule has 0 aromatic rings. The summed E-state index contributed by atoms with van der Waals surface area (Å²) in [5, 5.41) is 0. The van der Waals surface area contributed by atoms with Gasteiger partial charge < -0.3 is 5.73 Å². The van der Waals surface area contributed by atoms with Gasteiger partial charge in [0.25, 0.3) is 16.0 Å². The van der Waals surface area contributed by atoms with Gasteiger partial charge in [0.1, 0.15) is 0 Å². The highest BCUT2D eigenvalue weighted by Gasteiger charge is 2.52. The van der Waals surface area contributed by atoms with Gasteiger partial charge >= 0.3 is 0 Å². The first kappa shape index (κ1) is 17.1. The highest BCUT2D eigenvalue weighted by Crippen LogP contribution is 2.53. The van der Waals surface area contributed by atoms with Crippen LogP contribution >= 0.6 is 0 Å². The fourth-order valence-electron chi connectivity index (χ4n) is 4.17. The molecule has 2 bridgehead atoms. The molecule has 0 heterocycles. The van der Waals surface area contributed by atoms with Gasteiger partial charge in [-0.15, -0.1) is 0 Å². The molecule has 2 fully saturated rings. The van der Waals surface area contributed by atoms with Crippen LogP contribution in [0.4, 0.5) is 8.78 Å². The van der Waals surface area contributed by atoms with Crippen LogP contribution in [0.3, 0.4) is 0 Å². The lowest BCUT2D eigenvalue weighted by Crippen LogP contribution is -2.46. The second-order valence-electron chi connectivity index (χ2n) is 7.02. The lowest BCUT2D eigenvalue weighted by molar-refractivity contribution is -0.159. The predicted octanol–water partition coefficient (Wildman–Crippen LogP) is 2.69. The highest BCUT2D eigenvalue weighted by atomic mass is 32.2. The second kappa shape index (κ2) is 6.08. The zero-order valence-electron chi connectivity index (χ0n) is 12.3. The summed E-state index contributed by atoms with van der Waals surface area (Å²) < 4.78 is 58.4. The van der Waals surface area contributed by atoms with Crippen molar-refractivity contribution in [3.8, 4) is 0 Å². The first-order valence-electron chi connectivity index (χ1n) is 7.66. The number of rotatable bonds is 5. The average Bonchev–Trinajstić information content (AvgIpc) is 2.33. The van der Waals surface area contributed by atoms with Gasteiger partial charge in [0.15, 0.2) is 0 Å². The minimum Gasteiger partial charge on any atom is -0.328 e. The second-order valence-corrected chi connectivity index (χ2v) is 8.59. The van der Waals surface area contributed by atoms with E-state index in [9.17, 15) is 17.2 Å². The molecule has 7 heteroatoms. The van der Waals surface area contributed by atoms with Crippen LogP contribution < -0.4 is 5.73 Å². The third-order valence-electron chi connectivity index (χ3n) is 5.17. The summed E-state index contributed by atoms with van der Waals surface area (Å²) in [7, 11) is -4.00. The Morgan fingerprint density at radius 3 is 2.57 bits per heavy atom. The van der Waals surface area contributed by atoms with E-state index in [2.05, 4.69) is 0 Å². The molecule has 5 unspecified atom stereocenters. The Morgan fingerprint density at radius 1 is 1.29 bits per heavy atom. The molecule has 3 N–H and O–H groups in total. The van der Waals surface area contributed by atoms with E-state index in [-0.39, 0.29) is 24.1 Å². The summed E-state index contributed by atoms with van der Waals surface area (Å²) in [6, 6.07) is -0.359. The summed E-state index contributed by atoms with van der Waals surface area (Å²) in [5.41, 5.74) is 5.89. The number of hydrogen-bond acceptors (Lipinski definition) is 3. The molecule has 2 saturated carbocycles. The van der Waals surface area contributed by atoms with Crippen molar-refractivity contribution in [1.29, 1.82) is 0 Å². The van der Waals surface area contributed by atoms with Gasteiger partial charge in [-0.3, -0.25) is 4.55 Å². The number of nitrogens with two attached hydrogens (primary N) is 1. The topological polar surface area (TPSA) is 80.4 Å². The van der Waals surface area contributed by atoms with Crippen LogP contribution in [0.1, 0.15) is 45.4 Å². The maximum Gasteiger partial charge on any atom is 0.264 e. The van der Waals surface area contributed by atoms with Crippen molar-refractivity contribution in [1.82, 2.24) is 0 Å². The number of hydrogen-bond donors (Lipinski definition) is 2. The van der Waals surface area contributed by atoms with Crippen LogP contribution in [0.15, 0.2) is 0 Å². The van der Waals surface area contributed by atoms with E-state index in [1.54, 1.807) is 6.92 Å². The van der Waals surface area contributed by atoms with Crippen molar-refractivity contribution in [3.05, 3.63) is 0 Å². The lowest BCUT2D eigenvalue weighted by atomic mass is 9.62. The smallest absolute Gasteiger partial charge is 0.264 e. The zero-order valence-corrected chi connectivity index (χ0v) is 13.2. The van der Waals surface area contributed by atoms with Gasteiger partial charge in [-0.05, 0) is 50.4 Å². The maximum atomic E-state index is 14.1. The quantitative estimate of drug-likeness (QED) is 0.762.